The minimum Gasteiger partial charge on any atom is -0.135 e. The van der Waals surface area contributed by atoms with Crippen LogP contribution in [0.3, 0.4) is 0 Å². The molecule has 10 aromatic rings. The first-order chi connectivity index (χ1) is 24.8. The van der Waals surface area contributed by atoms with Crippen LogP contribution >= 0.6 is 11.3 Å². The summed E-state index contributed by atoms with van der Waals surface area (Å²) >= 11 is 1.95. The van der Waals surface area contributed by atoms with Crippen LogP contribution in [0.2, 0.25) is 0 Å². The van der Waals surface area contributed by atoms with Crippen molar-refractivity contribution in [3.63, 3.8) is 0 Å². The van der Waals surface area contributed by atoms with Crippen molar-refractivity contribution >= 4 is 53.1 Å². The average molecular weight is 649 g/mol. The molecule has 1 aromatic heterocycles. The number of benzene rings is 9. The van der Waals surface area contributed by atoms with E-state index >= 15 is 0 Å². The van der Waals surface area contributed by atoms with Crippen LogP contribution in [0.15, 0.2) is 170 Å². The third kappa shape index (κ3) is 3.22. The summed E-state index contributed by atoms with van der Waals surface area (Å²) in [7, 11) is 0. The van der Waals surface area contributed by atoms with Gasteiger partial charge in [0.1, 0.15) is 0 Å². The molecule has 0 unspecified atom stereocenters. The van der Waals surface area contributed by atoms with Crippen LogP contribution in [0, 0.1) is 0 Å². The second-order valence-corrected chi connectivity index (χ2v) is 15.0. The van der Waals surface area contributed by atoms with Crippen LogP contribution < -0.4 is 0 Å². The second-order valence-electron chi connectivity index (χ2n) is 13.9. The Morgan fingerprint density at radius 2 is 0.880 bits per heavy atom. The van der Waals surface area contributed by atoms with E-state index in [9.17, 15) is 0 Å². The van der Waals surface area contributed by atoms with Crippen molar-refractivity contribution in [1.29, 1.82) is 0 Å². The molecule has 0 radical (unpaired) electrons. The first kappa shape index (κ1) is 26.9. The SMILES string of the molecule is c1ccc(-c2ccc(-c3ccc4c(c3)c3cccc5sc6cc7c(c4c6c53)-c3ccccc3C73c4ccccc4-c4ccccc43)cc2)cc1. The molecule has 0 nitrogen and oxygen atoms in total. The van der Waals surface area contributed by atoms with Gasteiger partial charge < -0.3 is 0 Å². The van der Waals surface area contributed by atoms with Gasteiger partial charge in [-0.1, -0.05) is 152 Å². The minimum absolute atomic E-state index is 0.360. The fourth-order valence-corrected chi connectivity index (χ4v) is 10.9. The summed E-state index contributed by atoms with van der Waals surface area (Å²) in [5.74, 6) is 0. The number of hydrogen-bond acceptors (Lipinski definition) is 1. The molecule has 50 heavy (non-hydrogen) atoms. The number of fused-ring (bicyclic) bond motifs is 14. The molecule has 0 bridgehead atoms. The van der Waals surface area contributed by atoms with E-state index < -0.39 is 0 Å². The van der Waals surface area contributed by atoms with Crippen LogP contribution in [-0.4, -0.2) is 0 Å². The lowest BCUT2D eigenvalue weighted by Gasteiger charge is -2.30. The molecule has 0 amide bonds. The van der Waals surface area contributed by atoms with E-state index in [0.29, 0.717) is 0 Å². The molecule has 2 aliphatic rings. The molecular formula is C49H28S. The van der Waals surface area contributed by atoms with E-state index in [2.05, 4.69) is 170 Å². The summed E-state index contributed by atoms with van der Waals surface area (Å²) in [6.07, 6.45) is 0. The van der Waals surface area contributed by atoms with Gasteiger partial charge >= 0.3 is 0 Å². The van der Waals surface area contributed by atoms with Crippen molar-refractivity contribution in [2.45, 2.75) is 5.41 Å². The molecule has 1 heteroatoms. The standard InChI is InChI=1S/C49H28S/c1-2-11-29(12-3-1)30-21-23-31(24-22-30)32-25-26-36-38(27-32)35-16-10-20-43-46(35)48-44(50-43)28-42-45(47(36)48)37-15-6-9-19-41(37)49(42)39-17-7-4-13-33(39)34-14-5-8-18-40(34)49/h1-28H. The Bertz CT molecular complexity index is 2970. The number of thiophene rings is 1. The Morgan fingerprint density at radius 3 is 1.60 bits per heavy atom. The first-order valence-electron chi connectivity index (χ1n) is 17.4. The monoisotopic (exact) mass is 648 g/mol. The molecule has 230 valence electrons. The Kier molecular flexibility index (Phi) is 5.14. The number of rotatable bonds is 2. The average Bonchev–Trinajstić information content (AvgIpc) is 3.81. The van der Waals surface area contributed by atoms with Crippen molar-refractivity contribution in [2.24, 2.45) is 0 Å². The molecule has 1 heterocycles. The van der Waals surface area contributed by atoms with Crippen molar-refractivity contribution in [3.05, 3.63) is 192 Å². The topological polar surface area (TPSA) is 0 Å². The van der Waals surface area contributed by atoms with Gasteiger partial charge in [-0.3, -0.25) is 0 Å². The van der Waals surface area contributed by atoms with Crippen molar-refractivity contribution in [2.75, 3.05) is 0 Å². The van der Waals surface area contributed by atoms with Crippen LogP contribution in [0.1, 0.15) is 22.3 Å². The minimum atomic E-state index is -0.360. The maximum Gasteiger partial charge on any atom is 0.0726 e. The zero-order chi connectivity index (χ0) is 32.6. The summed E-state index contributed by atoms with van der Waals surface area (Å²) in [6, 6.07) is 63.8. The van der Waals surface area contributed by atoms with Crippen LogP contribution in [0.5, 0.6) is 0 Å². The highest BCUT2D eigenvalue weighted by Gasteiger charge is 2.52. The lowest BCUT2D eigenvalue weighted by atomic mass is 9.70. The van der Waals surface area contributed by atoms with Gasteiger partial charge in [-0.2, -0.15) is 0 Å². The highest BCUT2D eigenvalue weighted by molar-refractivity contribution is 7.26. The van der Waals surface area contributed by atoms with Crippen LogP contribution in [0.4, 0.5) is 0 Å². The Hall–Kier alpha value is -6.02. The highest BCUT2D eigenvalue weighted by Crippen LogP contribution is 2.65. The van der Waals surface area contributed by atoms with Gasteiger partial charge in [-0.15, -0.1) is 11.3 Å². The molecule has 0 atom stereocenters. The van der Waals surface area contributed by atoms with Gasteiger partial charge in [-0.05, 0) is 107 Å². The Balaban J connectivity index is 1.20. The maximum absolute atomic E-state index is 2.56. The summed E-state index contributed by atoms with van der Waals surface area (Å²) in [5, 5.41) is 8.22. The van der Waals surface area contributed by atoms with Crippen molar-refractivity contribution < 1.29 is 0 Å². The van der Waals surface area contributed by atoms with E-state index in [0.717, 1.165) is 0 Å². The molecular weight excluding hydrogens is 621 g/mol. The Morgan fingerprint density at radius 1 is 0.320 bits per heavy atom. The van der Waals surface area contributed by atoms with Crippen molar-refractivity contribution in [3.8, 4) is 44.5 Å². The Labute approximate surface area is 293 Å². The molecule has 0 saturated carbocycles. The fraction of sp³-hybridized carbons (Fsp3) is 0.0204. The predicted octanol–water partition coefficient (Wildman–Crippen LogP) is 13.5. The summed E-state index contributed by atoms with van der Waals surface area (Å²) in [6.45, 7) is 0. The van der Waals surface area contributed by atoms with Crippen LogP contribution in [0.25, 0.3) is 86.2 Å². The predicted molar refractivity (Wildman–Crippen MR) is 213 cm³/mol. The van der Waals surface area contributed by atoms with Gasteiger partial charge in [0.15, 0.2) is 0 Å². The zero-order valence-electron chi connectivity index (χ0n) is 27.1. The quantitative estimate of drug-likeness (QED) is 0.164. The third-order valence-corrected chi connectivity index (χ3v) is 12.8. The molecule has 1 spiro atoms. The summed E-state index contributed by atoms with van der Waals surface area (Å²) in [4.78, 5) is 0. The van der Waals surface area contributed by atoms with Crippen LogP contribution in [-0.2, 0) is 5.41 Å². The van der Waals surface area contributed by atoms with E-state index in [1.807, 2.05) is 11.3 Å². The fourth-order valence-electron chi connectivity index (χ4n) is 9.69. The summed E-state index contributed by atoms with van der Waals surface area (Å²) in [5.41, 5.74) is 15.7. The van der Waals surface area contributed by atoms with E-state index in [-0.39, 0.29) is 5.41 Å². The van der Waals surface area contributed by atoms with Gasteiger partial charge in [0.25, 0.3) is 0 Å². The maximum atomic E-state index is 2.56. The molecule has 9 aromatic carbocycles. The van der Waals surface area contributed by atoms with Crippen molar-refractivity contribution in [1.82, 2.24) is 0 Å². The zero-order valence-corrected chi connectivity index (χ0v) is 27.9. The lowest BCUT2D eigenvalue weighted by Crippen LogP contribution is -2.25. The van der Waals surface area contributed by atoms with E-state index in [1.165, 1.54) is 108 Å². The smallest absolute Gasteiger partial charge is 0.0726 e. The lowest BCUT2D eigenvalue weighted by molar-refractivity contribution is 0.795. The number of hydrogen-bond donors (Lipinski definition) is 0. The van der Waals surface area contributed by atoms with Gasteiger partial charge in [0, 0.05) is 20.2 Å². The molecule has 0 fully saturated rings. The summed E-state index contributed by atoms with van der Waals surface area (Å²) < 4.78 is 2.74. The van der Waals surface area contributed by atoms with Gasteiger partial charge in [-0.25, -0.2) is 0 Å². The highest BCUT2D eigenvalue weighted by atomic mass is 32.1. The molecule has 2 aliphatic carbocycles. The molecule has 0 N–H and O–H groups in total. The molecule has 12 rings (SSSR count). The van der Waals surface area contributed by atoms with E-state index in [1.54, 1.807) is 0 Å². The van der Waals surface area contributed by atoms with Gasteiger partial charge in [0.2, 0.25) is 0 Å². The molecule has 0 saturated heterocycles. The molecule has 0 aliphatic heterocycles. The van der Waals surface area contributed by atoms with Gasteiger partial charge in [0.05, 0.1) is 5.41 Å². The normalized spacial score (nSPS) is 13.8. The largest absolute Gasteiger partial charge is 0.135 e. The van der Waals surface area contributed by atoms with E-state index in [4.69, 9.17) is 0 Å². The third-order valence-electron chi connectivity index (χ3n) is 11.6. The second kappa shape index (κ2) is 9.57. The first-order valence-corrected chi connectivity index (χ1v) is 18.2.